The zero-order valence-electron chi connectivity index (χ0n) is 14.5. The SMILES string of the molecule is CN(C(=O)NCc1coc(-c2ccccc2)n1)C1CCC(CO)CC1. The van der Waals surface area contributed by atoms with E-state index >= 15 is 0 Å². The minimum atomic E-state index is -0.100. The number of amides is 2. The van der Waals surface area contributed by atoms with Crippen LogP contribution in [-0.4, -0.2) is 40.7 Å². The summed E-state index contributed by atoms with van der Waals surface area (Å²) in [4.78, 5) is 18.5. The highest BCUT2D eigenvalue weighted by Crippen LogP contribution is 2.26. The highest BCUT2D eigenvalue weighted by Gasteiger charge is 2.26. The van der Waals surface area contributed by atoms with Gasteiger partial charge in [-0.3, -0.25) is 0 Å². The minimum absolute atomic E-state index is 0.100. The molecule has 0 radical (unpaired) electrons. The van der Waals surface area contributed by atoms with E-state index in [9.17, 15) is 9.90 Å². The maximum atomic E-state index is 12.4. The number of benzene rings is 1. The van der Waals surface area contributed by atoms with Gasteiger partial charge in [0.1, 0.15) is 6.26 Å². The first-order valence-corrected chi connectivity index (χ1v) is 8.78. The monoisotopic (exact) mass is 343 g/mol. The molecule has 2 N–H and O–H groups in total. The van der Waals surface area contributed by atoms with Gasteiger partial charge in [-0.25, -0.2) is 9.78 Å². The normalized spacial score (nSPS) is 20.2. The van der Waals surface area contributed by atoms with E-state index in [1.54, 1.807) is 11.2 Å². The Morgan fingerprint density at radius 2 is 2.00 bits per heavy atom. The lowest BCUT2D eigenvalue weighted by molar-refractivity contribution is 0.134. The molecule has 1 fully saturated rings. The van der Waals surface area contributed by atoms with Crippen molar-refractivity contribution in [3.63, 3.8) is 0 Å². The van der Waals surface area contributed by atoms with Crippen LogP contribution in [0.4, 0.5) is 4.79 Å². The lowest BCUT2D eigenvalue weighted by Crippen LogP contribution is -2.45. The van der Waals surface area contributed by atoms with Gasteiger partial charge >= 0.3 is 6.03 Å². The highest BCUT2D eigenvalue weighted by atomic mass is 16.3. The van der Waals surface area contributed by atoms with Crippen LogP contribution in [0.25, 0.3) is 11.5 Å². The van der Waals surface area contributed by atoms with Crippen molar-refractivity contribution < 1.29 is 14.3 Å². The van der Waals surface area contributed by atoms with Gasteiger partial charge in [-0.2, -0.15) is 0 Å². The molecule has 25 heavy (non-hydrogen) atoms. The quantitative estimate of drug-likeness (QED) is 0.875. The number of nitrogens with zero attached hydrogens (tertiary/aromatic N) is 2. The first-order valence-electron chi connectivity index (χ1n) is 8.78. The van der Waals surface area contributed by atoms with E-state index < -0.39 is 0 Å². The Labute approximate surface area is 147 Å². The Balaban J connectivity index is 1.50. The molecule has 1 aromatic heterocycles. The molecule has 0 unspecified atom stereocenters. The number of carbonyl (C=O) groups excluding carboxylic acids is 1. The Hall–Kier alpha value is -2.34. The summed E-state index contributed by atoms with van der Waals surface area (Å²) in [5.74, 6) is 0.944. The third-order valence-electron chi connectivity index (χ3n) is 4.94. The van der Waals surface area contributed by atoms with Crippen molar-refractivity contribution in [1.82, 2.24) is 15.2 Å². The molecular weight excluding hydrogens is 318 g/mol. The standard InChI is InChI=1S/C19H25N3O3/c1-22(17-9-7-14(12-23)8-10-17)19(24)20-11-16-13-25-18(21-16)15-5-3-2-4-6-15/h2-6,13-14,17,23H,7-12H2,1H3,(H,20,24). The predicted molar refractivity (Wildman–Crippen MR) is 94.8 cm³/mol. The van der Waals surface area contributed by atoms with Gasteiger partial charge in [0.25, 0.3) is 0 Å². The largest absolute Gasteiger partial charge is 0.444 e. The minimum Gasteiger partial charge on any atom is -0.444 e. The smallest absolute Gasteiger partial charge is 0.317 e. The number of rotatable bonds is 5. The Bertz CT molecular complexity index is 678. The zero-order chi connectivity index (χ0) is 17.6. The number of aliphatic hydroxyl groups is 1. The Morgan fingerprint density at radius 3 is 2.68 bits per heavy atom. The lowest BCUT2D eigenvalue weighted by atomic mass is 9.86. The van der Waals surface area contributed by atoms with E-state index in [0.29, 0.717) is 24.0 Å². The third-order valence-corrected chi connectivity index (χ3v) is 4.94. The molecule has 1 aliphatic carbocycles. The fraction of sp³-hybridized carbons (Fsp3) is 0.474. The molecule has 0 bridgehead atoms. The molecule has 1 aromatic carbocycles. The summed E-state index contributed by atoms with van der Waals surface area (Å²) in [6.07, 6.45) is 5.41. The van der Waals surface area contributed by atoms with Gasteiger partial charge in [0.15, 0.2) is 0 Å². The van der Waals surface area contributed by atoms with Crippen molar-refractivity contribution >= 4 is 6.03 Å². The molecule has 2 amide bonds. The van der Waals surface area contributed by atoms with Crippen molar-refractivity contribution in [2.24, 2.45) is 5.92 Å². The van der Waals surface area contributed by atoms with Crippen LogP contribution in [0.2, 0.25) is 0 Å². The number of aromatic nitrogens is 1. The van der Waals surface area contributed by atoms with Crippen molar-refractivity contribution in [3.8, 4) is 11.5 Å². The predicted octanol–water partition coefficient (Wildman–Crippen LogP) is 3.03. The van der Waals surface area contributed by atoms with E-state index in [1.165, 1.54) is 0 Å². The van der Waals surface area contributed by atoms with Gasteiger partial charge in [-0.05, 0) is 43.7 Å². The number of hydrogen-bond acceptors (Lipinski definition) is 4. The number of urea groups is 1. The summed E-state index contributed by atoms with van der Waals surface area (Å²) in [5.41, 5.74) is 1.61. The molecule has 0 saturated heterocycles. The zero-order valence-corrected chi connectivity index (χ0v) is 14.5. The maximum Gasteiger partial charge on any atom is 0.317 e. The molecule has 0 spiro atoms. The average Bonchev–Trinajstić information content (AvgIpc) is 3.15. The van der Waals surface area contributed by atoms with Gasteiger partial charge in [0.2, 0.25) is 5.89 Å². The second kappa shape index (κ2) is 8.16. The van der Waals surface area contributed by atoms with Crippen LogP contribution in [0.5, 0.6) is 0 Å². The van der Waals surface area contributed by atoms with Crippen LogP contribution in [0.1, 0.15) is 31.4 Å². The van der Waals surface area contributed by atoms with E-state index in [0.717, 1.165) is 31.2 Å². The molecule has 134 valence electrons. The molecule has 1 aliphatic rings. The molecular formula is C19H25N3O3. The lowest BCUT2D eigenvalue weighted by Gasteiger charge is -2.34. The van der Waals surface area contributed by atoms with Crippen LogP contribution < -0.4 is 5.32 Å². The topological polar surface area (TPSA) is 78.6 Å². The summed E-state index contributed by atoms with van der Waals surface area (Å²) >= 11 is 0. The number of oxazole rings is 1. The van der Waals surface area contributed by atoms with Crippen LogP contribution in [0, 0.1) is 5.92 Å². The third kappa shape index (κ3) is 4.39. The maximum absolute atomic E-state index is 12.4. The summed E-state index contributed by atoms with van der Waals surface area (Å²) in [6.45, 7) is 0.587. The second-order valence-corrected chi connectivity index (χ2v) is 6.64. The van der Waals surface area contributed by atoms with Gasteiger partial charge in [-0.1, -0.05) is 18.2 Å². The highest BCUT2D eigenvalue weighted by molar-refractivity contribution is 5.74. The summed E-state index contributed by atoms with van der Waals surface area (Å²) in [7, 11) is 1.83. The fourth-order valence-electron chi connectivity index (χ4n) is 3.27. The summed E-state index contributed by atoms with van der Waals surface area (Å²) in [6, 6.07) is 9.81. The average molecular weight is 343 g/mol. The van der Waals surface area contributed by atoms with Crippen LogP contribution in [-0.2, 0) is 6.54 Å². The van der Waals surface area contributed by atoms with Crippen LogP contribution in [0.3, 0.4) is 0 Å². The molecule has 6 nitrogen and oxygen atoms in total. The van der Waals surface area contributed by atoms with E-state index in [1.807, 2.05) is 37.4 Å². The van der Waals surface area contributed by atoms with Gasteiger partial charge in [0.05, 0.1) is 12.2 Å². The number of nitrogens with one attached hydrogen (secondary N) is 1. The van der Waals surface area contributed by atoms with Crippen molar-refractivity contribution in [3.05, 3.63) is 42.3 Å². The van der Waals surface area contributed by atoms with E-state index in [2.05, 4.69) is 10.3 Å². The molecule has 1 heterocycles. The van der Waals surface area contributed by atoms with E-state index in [4.69, 9.17) is 4.42 Å². The molecule has 0 aliphatic heterocycles. The Kier molecular flexibility index (Phi) is 5.71. The molecule has 0 atom stereocenters. The van der Waals surface area contributed by atoms with Gasteiger partial charge in [0, 0.05) is 25.3 Å². The molecule has 3 rings (SSSR count). The van der Waals surface area contributed by atoms with Crippen molar-refractivity contribution in [2.75, 3.05) is 13.7 Å². The fourth-order valence-corrected chi connectivity index (χ4v) is 3.27. The number of aliphatic hydroxyl groups excluding tert-OH is 1. The second-order valence-electron chi connectivity index (χ2n) is 6.64. The molecule has 1 saturated carbocycles. The van der Waals surface area contributed by atoms with Crippen molar-refractivity contribution in [2.45, 2.75) is 38.3 Å². The van der Waals surface area contributed by atoms with Crippen LogP contribution in [0.15, 0.2) is 41.0 Å². The summed E-state index contributed by atoms with van der Waals surface area (Å²) < 4.78 is 5.48. The van der Waals surface area contributed by atoms with Gasteiger partial charge < -0.3 is 19.7 Å². The molecule has 6 heteroatoms. The van der Waals surface area contributed by atoms with E-state index in [-0.39, 0.29) is 18.7 Å². The molecule has 2 aromatic rings. The van der Waals surface area contributed by atoms with Crippen molar-refractivity contribution in [1.29, 1.82) is 0 Å². The van der Waals surface area contributed by atoms with Gasteiger partial charge in [-0.15, -0.1) is 0 Å². The van der Waals surface area contributed by atoms with Crippen LogP contribution >= 0.6 is 0 Å². The first kappa shape index (κ1) is 17.5. The first-order chi connectivity index (χ1) is 12.2. The number of carbonyl (C=O) groups is 1. The Morgan fingerprint density at radius 1 is 1.28 bits per heavy atom. The number of hydrogen-bond donors (Lipinski definition) is 2. The summed E-state index contributed by atoms with van der Waals surface area (Å²) in [5, 5.41) is 12.1.